The number of hydrogen-bond donors (Lipinski definition) is 2. The molecule has 0 atom stereocenters. The second kappa shape index (κ2) is 8.92. The average molecular weight is 280 g/mol. The fourth-order valence-corrected chi connectivity index (χ4v) is 1.64. The standard InChI is InChI=1S/C14H20N2O4/c1-16(12-6-3-2-4-7-12)9-5-8-15-13(17)10-20-11-14(18)19/h2-4,6-7H,5,8-11H2,1H3,(H,15,17)(H,18,19). The van der Waals surface area contributed by atoms with Crippen molar-refractivity contribution in [1.82, 2.24) is 5.32 Å². The molecule has 0 saturated heterocycles. The van der Waals surface area contributed by atoms with Gasteiger partial charge in [0.05, 0.1) is 0 Å². The number of amides is 1. The fourth-order valence-electron chi connectivity index (χ4n) is 1.64. The van der Waals surface area contributed by atoms with E-state index >= 15 is 0 Å². The van der Waals surface area contributed by atoms with Crippen molar-refractivity contribution in [3.63, 3.8) is 0 Å². The monoisotopic (exact) mass is 280 g/mol. The van der Waals surface area contributed by atoms with Crippen LogP contribution < -0.4 is 10.2 Å². The Morgan fingerprint density at radius 3 is 2.60 bits per heavy atom. The van der Waals surface area contributed by atoms with Gasteiger partial charge in [0.2, 0.25) is 5.91 Å². The largest absolute Gasteiger partial charge is 0.480 e. The third-order valence-corrected chi connectivity index (χ3v) is 2.65. The summed E-state index contributed by atoms with van der Waals surface area (Å²) in [6.45, 7) is 0.678. The Balaban J connectivity index is 2.09. The van der Waals surface area contributed by atoms with E-state index in [1.807, 2.05) is 37.4 Å². The van der Waals surface area contributed by atoms with Gasteiger partial charge in [0, 0.05) is 25.8 Å². The van der Waals surface area contributed by atoms with E-state index in [1.54, 1.807) is 0 Å². The molecule has 0 radical (unpaired) electrons. The predicted molar refractivity (Wildman–Crippen MR) is 75.8 cm³/mol. The van der Waals surface area contributed by atoms with Crippen LogP contribution in [0.15, 0.2) is 30.3 Å². The summed E-state index contributed by atoms with van der Waals surface area (Å²) in [6, 6.07) is 9.98. The Morgan fingerprint density at radius 2 is 1.95 bits per heavy atom. The zero-order valence-corrected chi connectivity index (χ0v) is 11.5. The van der Waals surface area contributed by atoms with Crippen molar-refractivity contribution in [2.45, 2.75) is 6.42 Å². The van der Waals surface area contributed by atoms with Crippen LogP contribution in [-0.2, 0) is 14.3 Å². The maximum absolute atomic E-state index is 11.3. The van der Waals surface area contributed by atoms with Crippen LogP contribution in [0.2, 0.25) is 0 Å². The molecule has 1 aromatic carbocycles. The van der Waals surface area contributed by atoms with Crippen LogP contribution in [0.3, 0.4) is 0 Å². The van der Waals surface area contributed by atoms with E-state index in [0.29, 0.717) is 6.54 Å². The van der Waals surface area contributed by atoms with Gasteiger partial charge in [0.25, 0.3) is 0 Å². The number of nitrogens with zero attached hydrogens (tertiary/aromatic N) is 1. The van der Waals surface area contributed by atoms with Crippen molar-refractivity contribution >= 4 is 17.6 Å². The normalized spacial score (nSPS) is 10.1. The number of carboxylic acids is 1. The highest BCUT2D eigenvalue weighted by molar-refractivity contribution is 5.77. The smallest absolute Gasteiger partial charge is 0.329 e. The Hall–Kier alpha value is -2.08. The van der Waals surface area contributed by atoms with Crippen molar-refractivity contribution in [1.29, 1.82) is 0 Å². The number of hydrogen-bond acceptors (Lipinski definition) is 4. The maximum atomic E-state index is 11.3. The number of carboxylic acid groups (broad SMARTS) is 1. The quantitative estimate of drug-likeness (QED) is 0.652. The van der Waals surface area contributed by atoms with Crippen LogP contribution >= 0.6 is 0 Å². The number of aliphatic carboxylic acids is 1. The number of rotatable bonds is 9. The van der Waals surface area contributed by atoms with Crippen molar-refractivity contribution < 1.29 is 19.4 Å². The van der Waals surface area contributed by atoms with Gasteiger partial charge in [-0.15, -0.1) is 0 Å². The van der Waals surface area contributed by atoms with E-state index in [1.165, 1.54) is 0 Å². The number of para-hydroxylation sites is 1. The van der Waals surface area contributed by atoms with Gasteiger partial charge in [-0.3, -0.25) is 4.79 Å². The minimum absolute atomic E-state index is 0.221. The second-order valence-corrected chi connectivity index (χ2v) is 4.35. The third-order valence-electron chi connectivity index (χ3n) is 2.65. The van der Waals surface area contributed by atoms with E-state index < -0.39 is 12.6 Å². The van der Waals surface area contributed by atoms with Gasteiger partial charge in [-0.05, 0) is 18.6 Å². The van der Waals surface area contributed by atoms with Crippen LogP contribution in [0.25, 0.3) is 0 Å². The van der Waals surface area contributed by atoms with Gasteiger partial charge in [0.1, 0.15) is 13.2 Å². The number of anilines is 1. The van der Waals surface area contributed by atoms with Crippen molar-refractivity contribution in [3.05, 3.63) is 30.3 Å². The number of carbonyl (C=O) groups excluding carboxylic acids is 1. The van der Waals surface area contributed by atoms with Crippen molar-refractivity contribution in [2.24, 2.45) is 0 Å². The third kappa shape index (κ3) is 6.75. The summed E-state index contributed by atoms with van der Waals surface area (Å²) in [6.07, 6.45) is 0.802. The van der Waals surface area contributed by atoms with Gasteiger partial charge in [0.15, 0.2) is 0 Å². The van der Waals surface area contributed by atoms with E-state index in [2.05, 4.69) is 15.0 Å². The lowest BCUT2D eigenvalue weighted by atomic mass is 10.3. The van der Waals surface area contributed by atoms with Gasteiger partial charge in [-0.2, -0.15) is 0 Å². The van der Waals surface area contributed by atoms with Gasteiger partial charge in [-0.1, -0.05) is 18.2 Å². The Morgan fingerprint density at radius 1 is 1.25 bits per heavy atom. The molecule has 0 saturated carbocycles. The molecule has 0 bridgehead atoms. The molecular formula is C14H20N2O4. The molecule has 0 aliphatic heterocycles. The Kier molecular flexibility index (Phi) is 7.13. The highest BCUT2D eigenvalue weighted by Gasteiger charge is 2.04. The number of carbonyl (C=O) groups is 2. The van der Waals surface area contributed by atoms with Crippen LogP contribution in [-0.4, -0.2) is 50.3 Å². The molecular weight excluding hydrogens is 260 g/mol. The molecule has 0 aromatic heterocycles. The molecule has 20 heavy (non-hydrogen) atoms. The summed E-state index contributed by atoms with van der Waals surface area (Å²) in [5.74, 6) is -1.38. The highest BCUT2D eigenvalue weighted by Crippen LogP contribution is 2.10. The Labute approximate surface area is 118 Å². The second-order valence-electron chi connectivity index (χ2n) is 4.35. The highest BCUT2D eigenvalue weighted by atomic mass is 16.5. The summed E-state index contributed by atoms with van der Waals surface area (Å²) >= 11 is 0. The van der Waals surface area contributed by atoms with E-state index in [4.69, 9.17) is 5.11 Å². The van der Waals surface area contributed by atoms with Crippen LogP contribution in [0.4, 0.5) is 5.69 Å². The molecule has 0 aliphatic carbocycles. The summed E-state index contributed by atoms with van der Waals surface area (Å²) < 4.78 is 4.68. The number of benzene rings is 1. The molecule has 6 heteroatoms. The van der Waals surface area contributed by atoms with E-state index in [-0.39, 0.29) is 12.5 Å². The van der Waals surface area contributed by atoms with E-state index in [9.17, 15) is 9.59 Å². The first-order chi connectivity index (χ1) is 9.59. The predicted octanol–water partition coefficient (Wildman–Crippen LogP) is 0.730. The first-order valence-corrected chi connectivity index (χ1v) is 6.42. The van der Waals surface area contributed by atoms with Crippen LogP contribution in [0.1, 0.15) is 6.42 Å². The molecule has 0 fully saturated rings. The summed E-state index contributed by atoms with van der Waals surface area (Å²) in [5, 5.41) is 11.0. The topological polar surface area (TPSA) is 78.9 Å². The summed E-state index contributed by atoms with van der Waals surface area (Å²) in [7, 11) is 1.99. The minimum Gasteiger partial charge on any atom is -0.480 e. The molecule has 1 amide bonds. The molecule has 2 N–H and O–H groups in total. The van der Waals surface area contributed by atoms with Crippen molar-refractivity contribution in [3.8, 4) is 0 Å². The van der Waals surface area contributed by atoms with Crippen LogP contribution in [0.5, 0.6) is 0 Å². The van der Waals surface area contributed by atoms with Gasteiger partial charge in [-0.25, -0.2) is 4.79 Å². The van der Waals surface area contributed by atoms with Crippen molar-refractivity contribution in [2.75, 3.05) is 38.3 Å². The summed E-state index contributed by atoms with van der Waals surface area (Å²) in [4.78, 5) is 23.6. The van der Waals surface area contributed by atoms with Gasteiger partial charge >= 0.3 is 5.97 Å². The van der Waals surface area contributed by atoms with Crippen LogP contribution in [0, 0.1) is 0 Å². The molecule has 0 spiro atoms. The number of nitrogens with one attached hydrogen (secondary N) is 1. The zero-order valence-electron chi connectivity index (χ0n) is 11.5. The van der Waals surface area contributed by atoms with E-state index in [0.717, 1.165) is 18.7 Å². The summed E-state index contributed by atoms with van der Waals surface area (Å²) in [5.41, 5.74) is 1.13. The number of ether oxygens (including phenoxy) is 1. The Bertz CT molecular complexity index is 422. The first-order valence-electron chi connectivity index (χ1n) is 6.42. The molecule has 0 unspecified atom stereocenters. The maximum Gasteiger partial charge on any atom is 0.329 e. The lowest BCUT2D eigenvalue weighted by Crippen LogP contribution is -2.31. The molecule has 6 nitrogen and oxygen atoms in total. The molecule has 110 valence electrons. The molecule has 0 heterocycles. The molecule has 0 aliphatic rings. The lowest BCUT2D eigenvalue weighted by molar-refractivity contribution is -0.143. The van der Waals surface area contributed by atoms with Gasteiger partial charge < -0.3 is 20.1 Å². The lowest BCUT2D eigenvalue weighted by Gasteiger charge is -2.19. The first kappa shape index (κ1) is 16.0. The molecule has 1 aromatic rings. The zero-order chi connectivity index (χ0) is 14.8. The SMILES string of the molecule is CN(CCCNC(=O)COCC(=O)O)c1ccccc1. The molecule has 1 rings (SSSR count). The average Bonchev–Trinajstić information content (AvgIpc) is 2.44. The fraction of sp³-hybridized carbons (Fsp3) is 0.429. The minimum atomic E-state index is -1.08.